The van der Waals surface area contributed by atoms with E-state index in [4.69, 9.17) is 19.1 Å². The molecule has 2 aromatic heterocycles. The molecular formula is C36H36N2O7S2. The second-order valence-corrected chi connectivity index (χ2v) is 12.7. The van der Waals surface area contributed by atoms with Crippen LogP contribution in [-0.4, -0.2) is 62.5 Å². The van der Waals surface area contributed by atoms with Gasteiger partial charge in [0.15, 0.2) is 11.4 Å². The van der Waals surface area contributed by atoms with E-state index in [1.807, 2.05) is 73.1 Å². The summed E-state index contributed by atoms with van der Waals surface area (Å²) in [5.41, 5.74) is 4.33. The summed E-state index contributed by atoms with van der Waals surface area (Å²) in [6.45, 7) is 7.15. The number of nitrogens with zero attached hydrogens (tertiary/aromatic N) is 2. The van der Waals surface area contributed by atoms with Crippen LogP contribution in [0.1, 0.15) is 75.2 Å². The third-order valence-corrected chi connectivity index (χ3v) is 9.78. The Labute approximate surface area is 281 Å². The van der Waals surface area contributed by atoms with Gasteiger partial charge in [0, 0.05) is 49.9 Å². The number of ether oxygens (including phenoxy) is 2. The van der Waals surface area contributed by atoms with Crippen LogP contribution >= 0.6 is 22.7 Å². The van der Waals surface area contributed by atoms with Crippen LogP contribution in [-0.2, 0) is 29.4 Å². The van der Waals surface area contributed by atoms with E-state index in [1.165, 1.54) is 36.7 Å². The molecule has 0 unspecified atom stereocenters. The fraction of sp³-hybridized carbons (Fsp3) is 0.306. The van der Waals surface area contributed by atoms with Gasteiger partial charge in [-0.05, 0) is 84.0 Å². The summed E-state index contributed by atoms with van der Waals surface area (Å²) in [5.74, 6) is -1.25. The van der Waals surface area contributed by atoms with Gasteiger partial charge in [-0.2, -0.15) is 0 Å². The van der Waals surface area contributed by atoms with Gasteiger partial charge in [-0.15, -0.1) is 22.7 Å². The lowest BCUT2D eigenvalue weighted by molar-refractivity contribution is -0.140. The number of benzene rings is 2. The summed E-state index contributed by atoms with van der Waals surface area (Å²) >= 11 is 2.74. The molecule has 4 aromatic rings. The first-order valence-corrected chi connectivity index (χ1v) is 17.1. The molecule has 0 fully saturated rings. The van der Waals surface area contributed by atoms with Crippen LogP contribution in [0.15, 0.2) is 81.7 Å². The standard InChI is InChI=1S/C36H36N2O7S2/c1-5-43-17-15-36(16-18-44-6-2)28-21-24(34(40)32(37-42-4)30-9-7-19-46-30)11-13-26(28)27-14-12-25(22-29(27)36)35(41)33(38-45-23(3)39)31-10-8-20-47-31/h7-14,19-22H,5-6,15-18H2,1-4H3/b37-32+,38-33+. The van der Waals surface area contributed by atoms with Gasteiger partial charge in [0.2, 0.25) is 11.6 Å². The number of thiophene rings is 2. The van der Waals surface area contributed by atoms with Crippen LogP contribution in [0.5, 0.6) is 0 Å². The molecule has 11 heteroatoms. The predicted molar refractivity (Wildman–Crippen MR) is 184 cm³/mol. The Hall–Kier alpha value is -4.29. The van der Waals surface area contributed by atoms with Crippen LogP contribution in [0.2, 0.25) is 0 Å². The molecule has 1 aliphatic rings. The minimum Gasteiger partial charge on any atom is -0.399 e. The average molecular weight is 673 g/mol. The Morgan fingerprint density at radius 2 is 1.21 bits per heavy atom. The molecule has 0 aliphatic heterocycles. The van der Waals surface area contributed by atoms with Gasteiger partial charge in [-0.3, -0.25) is 9.59 Å². The van der Waals surface area contributed by atoms with E-state index in [2.05, 4.69) is 10.3 Å². The van der Waals surface area contributed by atoms with Gasteiger partial charge in [-0.25, -0.2) is 4.79 Å². The first-order valence-electron chi connectivity index (χ1n) is 15.3. The Bertz CT molecular complexity index is 1780. The lowest BCUT2D eigenvalue weighted by atomic mass is 9.72. The molecule has 244 valence electrons. The zero-order valence-corrected chi connectivity index (χ0v) is 28.4. The molecule has 0 amide bonds. The fourth-order valence-electron chi connectivity index (χ4n) is 5.92. The van der Waals surface area contributed by atoms with Gasteiger partial charge in [-0.1, -0.05) is 46.7 Å². The average Bonchev–Trinajstić information content (AvgIpc) is 3.85. The summed E-state index contributed by atoms with van der Waals surface area (Å²) in [4.78, 5) is 50.9. The van der Waals surface area contributed by atoms with E-state index in [-0.39, 0.29) is 23.0 Å². The molecule has 2 heterocycles. The van der Waals surface area contributed by atoms with Crippen molar-refractivity contribution >= 4 is 51.6 Å². The molecule has 0 saturated carbocycles. The van der Waals surface area contributed by atoms with Crippen LogP contribution in [0.3, 0.4) is 0 Å². The number of carbonyl (C=O) groups excluding carboxylic acids is 3. The molecule has 9 nitrogen and oxygen atoms in total. The van der Waals surface area contributed by atoms with Crippen LogP contribution in [0.25, 0.3) is 11.1 Å². The first kappa shape index (κ1) is 34.1. The number of hydrogen-bond acceptors (Lipinski definition) is 11. The second-order valence-electron chi connectivity index (χ2n) is 10.8. The number of oxime groups is 2. The Morgan fingerprint density at radius 1 is 0.723 bits per heavy atom. The van der Waals surface area contributed by atoms with Crippen LogP contribution in [0.4, 0.5) is 0 Å². The summed E-state index contributed by atoms with van der Waals surface area (Å²) in [6.07, 6.45) is 1.18. The van der Waals surface area contributed by atoms with E-state index in [1.54, 1.807) is 12.1 Å². The summed E-state index contributed by atoms with van der Waals surface area (Å²) in [6, 6.07) is 18.6. The first-order chi connectivity index (χ1) is 22.8. The molecule has 0 radical (unpaired) electrons. The molecule has 0 saturated heterocycles. The second kappa shape index (κ2) is 15.5. The minimum atomic E-state index is -0.640. The number of rotatable bonds is 16. The molecule has 0 spiro atoms. The van der Waals surface area contributed by atoms with Crippen molar-refractivity contribution in [2.75, 3.05) is 33.5 Å². The SMILES string of the molecule is CCOCCC1(CCOCC)c2cc(C(=O)/C(=N/OC)c3cccs3)ccc2-c2ccc(C(=O)/C(=N/OC(C)=O)c3cccs3)cc21. The molecule has 1 aliphatic carbocycles. The number of hydrogen-bond donors (Lipinski definition) is 0. The highest BCUT2D eigenvalue weighted by Crippen LogP contribution is 2.53. The monoisotopic (exact) mass is 672 g/mol. The number of fused-ring (bicyclic) bond motifs is 3. The molecular weight excluding hydrogens is 637 g/mol. The molecule has 5 rings (SSSR count). The lowest BCUT2D eigenvalue weighted by Crippen LogP contribution is -2.30. The molecule has 2 aromatic carbocycles. The van der Waals surface area contributed by atoms with Crippen molar-refractivity contribution in [1.82, 2.24) is 0 Å². The molecule has 0 N–H and O–H groups in total. The van der Waals surface area contributed by atoms with E-state index >= 15 is 0 Å². The Balaban J connectivity index is 1.65. The van der Waals surface area contributed by atoms with Crippen molar-refractivity contribution in [2.24, 2.45) is 10.3 Å². The number of carbonyl (C=O) groups is 3. The summed E-state index contributed by atoms with van der Waals surface area (Å²) in [7, 11) is 1.42. The maximum absolute atomic E-state index is 14.0. The maximum Gasteiger partial charge on any atom is 0.332 e. The Kier molecular flexibility index (Phi) is 11.3. The van der Waals surface area contributed by atoms with Crippen molar-refractivity contribution in [3.63, 3.8) is 0 Å². The molecule has 0 bridgehead atoms. The quantitative estimate of drug-likeness (QED) is 0.0403. The lowest BCUT2D eigenvalue weighted by Gasteiger charge is -2.33. The largest absolute Gasteiger partial charge is 0.399 e. The number of Topliss-reactive ketones (excluding diaryl/α,β-unsaturated/α-hetero) is 2. The summed E-state index contributed by atoms with van der Waals surface area (Å²) < 4.78 is 11.8. The van der Waals surface area contributed by atoms with Gasteiger partial charge < -0.3 is 19.1 Å². The highest BCUT2D eigenvalue weighted by Gasteiger charge is 2.44. The number of ketones is 2. The zero-order valence-electron chi connectivity index (χ0n) is 26.7. The third-order valence-electron chi connectivity index (χ3n) is 8.03. The van der Waals surface area contributed by atoms with Crippen molar-refractivity contribution in [1.29, 1.82) is 0 Å². The van der Waals surface area contributed by atoms with Crippen molar-refractivity contribution < 1.29 is 33.5 Å². The molecule has 0 atom stereocenters. The zero-order chi connectivity index (χ0) is 33.4. The van der Waals surface area contributed by atoms with E-state index in [0.717, 1.165) is 22.3 Å². The van der Waals surface area contributed by atoms with Gasteiger partial charge in [0.25, 0.3) is 0 Å². The topological polar surface area (TPSA) is 113 Å². The summed E-state index contributed by atoms with van der Waals surface area (Å²) in [5, 5.41) is 11.8. The highest BCUT2D eigenvalue weighted by molar-refractivity contribution is 7.13. The smallest absolute Gasteiger partial charge is 0.332 e. The van der Waals surface area contributed by atoms with Gasteiger partial charge in [0.1, 0.15) is 7.11 Å². The highest BCUT2D eigenvalue weighted by atomic mass is 32.1. The minimum absolute atomic E-state index is 0.0475. The van der Waals surface area contributed by atoms with Crippen molar-refractivity contribution in [3.05, 3.63) is 103 Å². The third kappa shape index (κ3) is 7.18. The van der Waals surface area contributed by atoms with Crippen LogP contribution < -0.4 is 0 Å². The fourth-order valence-corrected chi connectivity index (χ4v) is 7.33. The van der Waals surface area contributed by atoms with Crippen molar-refractivity contribution in [3.8, 4) is 11.1 Å². The van der Waals surface area contributed by atoms with E-state index in [0.29, 0.717) is 60.2 Å². The maximum atomic E-state index is 14.0. The van der Waals surface area contributed by atoms with E-state index in [9.17, 15) is 14.4 Å². The Morgan fingerprint density at radius 3 is 1.62 bits per heavy atom. The normalized spacial score (nSPS) is 13.6. The van der Waals surface area contributed by atoms with Crippen LogP contribution in [0, 0.1) is 0 Å². The van der Waals surface area contributed by atoms with Gasteiger partial charge in [0.05, 0.1) is 9.75 Å². The van der Waals surface area contributed by atoms with Gasteiger partial charge >= 0.3 is 5.97 Å². The van der Waals surface area contributed by atoms with E-state index < -0.39 is 11.4 Å². The van der Waals surface area contributed by atoms with Crippen molar-refractivity contribution in [2.45, 2.75) is 39.0 Å². The molecule has 47 heavy (non-hydrogen) atoms. The predicted octanol–water partition coefficient (Wildman–Crippen LogP) is 7.31.